The van der Waals surface area contributed by atoms with Gasteiger partial charge >= 0.3 is 0 Å². The van der Waals surface area contributed by atoms with Crippen molar-refractivity contribution >= 4 is 5.69 Å². The number of ether oxygens (including phenoxy) is 2. The molecule has 1 rings (SSSR count). The summed E-state index contributed by atoms with van der Waals surface area (Å²) >= 11 is 0. The summed E-state index contributed by atoms with van der Waals surface area (Å²) in [6.45, 7) is 7.48. The second-order valence-corrected chi connectivity index (χ2v) is 4.46. The van der Waals surface area contributed by atoms with E-state index >= 15 is 0 Å². The molecule has 0 aromatic heterocycles. The number of hydrogen-bond acceptors (Lipinski definition) is 3. The monoisotopic (exact) mass is 241 g/mol. The van der Waals surface area contributed by atoms with Gasteiger partial charge in [-0.2, -0.15) is 0 Å². The second kappa shape index (κ2) is 6.45. The molecule has 0 spiro atoms. The summed E-state index contributed by atoms with van der Waals surface area (Å²) in [5.41, 5.74) is 6.49. The van der Waals surface area contributed by atoms with Gasteiger partial charge in [-0.3, -0.25) is 0 Å². The van der Waals surface area contributed by atoms with E-state index in [1.807, 2.05) is 0 Å². The van der Waals surface area contributed by atoms with Crippen LogP contribution in [-0.4, -0.2) is 19.8 Å². The van der Waals surface area contributed by atoms with Gasteiger partial charge in [0.25, 0.3) is 0 Å². The Morgan fingerprint density at radius 3 is 2.65 bits per heavy atom. The van der Waals surface area contributed by atoms with E-state index in [2.05, 4.69) is 13.8 Å². The van der Waals surface area contributed by atoms with Crippen molar-refractivity contribution < 1.29 is 13.9 Å². The summed E-state index contributed by atoms with van der Waals surface area (Å²) in [4.78, 5) is 0. The summed E-state index contributed by atoms with van der Waals surface area (Å²) in [6, 6.07) is 2.88. The maximum absolute atomic E-state index is 13.1. The third-order valence-corrected chi connectivity index (χ3v) is 2.23. The van der Waals surface area contributed by atoms with Gasteiger partial charge in [0, 0.05) is 12.7 Å². The molecule has 2 N–H and O–H groups in total. The van der Waals surface area contributed by atoms with Crippen LogP contribution in [0.15, 0.2) is 12.1 Å². The van der Waals surface area contributed by atoms with E-state index in [0.29, 0.717) is 42.7 Å². The first-order valence-electron chi connectivity index (χ1n) is 5.77. The van der Waals surface area contributed by atoms with Gasteiger partial charge in [0.05, 0.1) is 12.3 Å². The normalized spacial score (nSPS) is 10.9. The van der Waals surface area contributed by atoms with Crippen molar-refractivity contribution in [2.24, 2.45) is 5.92 Å². The molecule has 4 heteroatoms. The molecule has 96 valence electrons. The Morgan fingerprint density at radius 2 is 2.00 bits per heavy atom. The number of aryl methyl sites for hydroxylation is 1. The second-order valence-electron chi connectivity index (χ2n) is 4.46. The van der Waals surface area contributed by atoms with E-state index in [-0.39, 0.29) is 5.82 Å². The Hall–Kier alpha value is -1.29. The van der Waals surface area contributed by atoms with Crippen LogP contribution in [0.25, 0.3) is 0 Å². The van der Waals surface area contributed by atoms with Crippen molar-refractivity contribution in [1.82, 2.24) is 0 Å². The summed E-state index contributed by atoms with van der Waals surface area (Å²) in [5, 5.41) is 0. The highest BCUT2D eigenvalue weighted by Gasteiger charge is 2.05. The average Bonchev–Trinajstić information content (AvgIpc) is 2.24. The predicted octanol–water partition coefficient (Wildman–Crippen LogP) is 2.77. The number of rotatable bonds is 6. The molecule has 0 unspecified atom stereocenters. The minimum Gasteiger partial charge on any atom is -0.489 e. The van der Waals surface area contributed by atoms with Crippen molar-refractivity contribution in [3.05, 3.63) is 23.5 Å². The molecule has 0 saturated carbocycles. The Kier molecular flexibility index (Phi) is 5.22. The van der Waals surface area contributed by atoms with Crippen LogP contribution in [0.2, 0.25) is 0 Å². The SMILES string of the molecule is Cc1cc(OCCOCC(C)C)c(N)cc1F. The summed E-state index contributed by atoms with van der Waals surface area (Å²) < 4.78 is 23.9. The first kappa shape index (κ1) is 13.8. The van der Waals surface area contributed by atoms with E-state index in [1.165, 1.54) is 6.07 Å². The number of anilines is 1. The third kappa shape index (κ3) is 4.61. The lowest BCUT2D eigenvalue weighted by Crippen LogP contribution is -2.11. The molecule has 0 aliphatic rings. The van der Waals surface area contributed by atoms with E-state index in [4.69, 9.17) is 15.2 Å². The Bertz CT molecular complexity index is 367. The van der Waals surface area contributed by atoms with E-state index < -0.39 is 0 Å². The van der Waals surface area contributed by atoms with Crippen LogP contribution in [0.4, 0.5) is 10.1 Å². The highest BCUT2D eigenvalue weighted by atomic mass is 19.1. The van der Waals surface area contributed by atoms with Crippen molar-refractivity contribution in [2.45, 2.75) is 20.8 Å². The molecular formula is C13H20FNO2. The average molecular weight is 241 g/mol. The number of hydrogen-bond donors (Lipinski definition) is 1. The van der Waals surface area contributed by atoms with Gasteiger partial charge in [0.15, 0.2) is 0 Å². The zero-order valence-electron chi connectivity index (χ0n) is 10.6. The zero-order valence-corrected chi connectivity index (χ0v) is 10.6. The molecule has 0 heterocycles. The summed E-state index contributed by atoms with van der Waals surface area (Å²) in [7, 11) is 0. The van der Waals surface area contributed by atoms with Crippen LogP contribution in [0.5, 0.6) is 5.75 Å². The van der Waals surface area contributed by atoms with Crippen molar-refractivity contribution in [3.8, 4) is 5.75 Å². The standard InChI is InChI=1S/C13H20FNO2/c1-9(2)8-16-4-5-17-13-6-10(3)11(14)7-12(13)15/h6-7,9H,4-5,8,15H2,1-3H3. The van der Waals surface area contributed by atoms with Gasteiger partial charge in [-0.15, -0.1) is 0 Å². The van der Waals surface area contributed by atoms with Gasteiger partial charge in [0.1, 0.15) is 18.2 Å². The number of benzene rings is 1. The first-order chi connectivity index (χ1) is 8.00. The molecule has 3 nitrogen and oxygen atoms in total. The number of nitrogens with two attached hydrogens (primary N) is 1. The largest absolute Gasteiger partial charge is 0.489 e. The highest BCUT2D eigenvalue weighted by Crippen LogP contribution is 2.24. The fraction of sp³-hybridized carbons (Fsp3) is 0.538. The minimum absolute atomic E-state index is 0.314. The van der Waals surface area contributed by atoms with Crippen molar-refractivity contribution in [3.63, 3.8) is 0 Å². The van der Waals surface area contributed by atoms with E-state index in [0.717, 1.165) is 0 Å². The van der Waals surface area contributed by atoms with E-state index in [9.17, 15) is 4.39 Å². The molecule has 0 aliphatic carbocycles. The van der Waals surface area contributed by atoms with Crippen LogP contribution in [0.1, 0.15) is 19.4 Å². The molecule has 0 bridgehead atoms. The van der Waals surface area contributed by atoms with Gasteiger partial charge in [0.2, 0.25) is 0 Å². The first-order valence-corrected chi connectivity index (χ1v) is 5.77. The molecule has 0 aliphatic heterocycles. The molecule has 17 heavy (non-hydrogen) atoms. The van der Waals surface area contributed by atoms with E-state index in [1.54, 1.807) is 13.0 Å². The Balaban J connectivity index is 2.39. The summed E-state index contributed by atoms with van der Waals surface area (Å²) in [5.74, 6) is 0.705. The maximum Gasteiger partial charge on any atom is 0.142 e. The molecule has 0 saturated heterocycles. The van der Waals surface area contributed by atoms with Crippen molar-refractivity contribution in [1.29, 1.82) is 0 Å². The molecule has 0 radical (unpaired) electrons. The highest BCUT2D eigenvalue weighted by molar-refractivity contribution is 5.54. The van der Waals surface area contributed by atoms with Gasteiger partial charge in [-0.1, -0.05) is 13.8 Å². The minimum atomic E-state index is -0.314. The molecule has 0 fully saturated rings. The lowest BCUT2D eigenvalue weighted by atomic mass is 10.2. The third-order valence-electron chi connectivity index (χ3n) is 2.23. The number of halogens is 1. The topological polar surface area (TPSA) is 44.5 Å². The summed E-state index contributed by atoms with van der Waals surface area (Å²) in [6.07, 6.45) is 0. The van der Waals surface area contributed by atoms with Crippen LogP contribution in [-0.2, 0) is 4.74 Å². The fourth-order valence-corrected chi connectivity index (χ4v) is 1.32. The molecule has 1 aromatic rings. The smallest absolute Gasteiger partial charge is 0.142 e. The Morgan fingerprint density at radius 1 is 1.29 bits per heavy atom. The lowest BCUT2D eigenvalue weighted by Gasteiger charge is -2.11. The Labute approximate surface area is 102 Å². The molecule has 0 atom stereocenters. The van der Waals surface area contributed by atoms with Gasteiger partial charge < -0.3 is 15.2 Å². The number of nitrogen functional groups attached to an aromatic ring is 1. The van der Waals surface area contributed by atoms with Crippen LogP contribution in [0.3, 0.4) is 0 Å². The molecule has 1 aromatic carbocycles. The predicted molar refractivity (Wildman–Crippen MR) is 66.7 cm³/mol. The maximum atomic E-state index is 13.1. The zero-order chi connectivity index (χ0) is 12.8. The van der Waals surface area contributed by atoms with Crippen LogP contribution >= 0.6 is 0 Å². The quantitative estimate of drug-likeness (QED) is 0.615. The lowest BCUT2D eigenvalue weighted by molar-refractivity contribution is 0.0820. The van der Waals surface area contributed by atoms with Gasteiger partial charge in [-0.05, 0) is 24.5 Å². The van der Waals surface area contributed by atoms with Crippen LogP contribution in [0, 0.1) is 18.7 Å². The fourth-order valence-electron chi connectivity index (χ4n) is 1.32. The van der Waals surface area contributed by atoms with Gasteiger partial charge in [-0.25, -0.2) is 4.39 Å². The molecular weight excluding hydrogens is 221 g/mol. The van der Waals surface area contributed by atoms with Crippen LogP contribution < -0.4 is 10.5 Å². The van der Waals surface area contributed by atoms with Crippen molar-refractivity contribution in [2.75, 3.05) is 25.6 Å². The molecule has 0 amide bonds.